The lowest BCUT2D eigenvalue weighted by Gasteiger charge is -1.99. The summed E-state index contributed by atoms with van der Waals surface area (Å²) in [5.41, 5.74) is 1.08. The number of hydrogen-bond donors (Lipinski definition) is 1. The summed E-state index contributed by atoms with van der Waals surface area (Å²) in [7, 11) is 0. The minimum Gasteiger partial charge on any atom is -0.388 e. The first-order valence-corrected chi connectivity index (χ1v) is 4.31. The molecule has 2 rings (SSSR count). The number of aromatic nitrogens is 1. The molecular weight excluding hydrogens is 178 g/mol. The summed E-state index contributed by atoms with van der Waals surface area (Å²) in [6.45, 7) is -0.495. The van der Waals surface area contributed by atoms with Crippen LogP contribution >= 0.6 is 0 Å². The van der Waals surface area contributed by atoms with Crippen LogP contribution in [0.3, 0.4) is 0 Å². The van der Waals surface area contributed by atoms with Crippen LogP contribution in [0.4, 0.5) is 0 Å². The van der Waals surface area contributed by atoms with Crippen molar-refractivity contribution in [3.63, 3.8) is 0 Å². The van der Waals surface area contributed by atoms with Crippen LogP contribution in [0.1, 0.15) is 10.5 Å². The normalized spacial score (nSPS) is 10.4. The van der Waals surface area contributed by atoms with E-state index in [1.807, 2.05) is 30.3 Å². The van der Waals surface area contributed by atoms with Gasteiger partial charge in [0, 0.05) is 5.39 Å². The number of nitrogens with zero attached hydrogens (tertiary/aromatic N) is 1. The van der Waals surface area contributed by atoms with Gasteiger partial charge in [-0.3, -0.25) is 4.79 Å². The fraction of sp³-hybridized carbons (Fsp3) is 0.0909. The molecule has 0 bridgehead atoms. The minimum absolute atomic E-state index is 0.311. The van der Waals surface area contributed by atoms with Crippen LogP contribution < -0.4 is 0 Å². The van der Waals surface area contributed by atoms with Crippen molar-refractivity contribution < 1.29 is 9.90 Å². The number of carbonyl (C=O) groups excluding carboxylic acids is 1. The smallest absolute Gasteiger partial charge is 0.206 e. The molecule has 0 unspecified atom stereocenters. The summed E-state index contributed by atoms with van der Waals surface area (Å²) in [6.07, 6.45) is 0. The van der Waals surface area contributed by atoms with Crippen LogP contribution in [0, 0.1) is 0 Å². The number of fused-ring (bicyclic) bond motifs is 1. The van der Waals surface area contributed by atoms with Crippen molar-refractivity contribution in [3.05, 3.63) is 42.1 Å². The van der Waals surface area contributed by atoms with Gasteiger partial charge in [-0.15, -0.1) is 0 Å². The van der Waals surface area contributed by atoms with E-state index < -0.39 is 6.61 Å². The zero-order chi connectivity index (χ0) is 9.97. The van der Waals surface area contributed by atoms with E-state index in [1.165, 1.54) is 0 Å². The molecule has 14 heavy (non-hydrogen) atoms. The topological polar surface area (TPSA) is 50.2 Å². The molecule has 1 aromatic heterocycles. The molecule has 0 saturated carbocycles. The van der Waals surface area contributed by atoms with E-state index in [9.17, 15) is 4.79 Å². The Bertz CT molecular complexity index is 479. The standard InChI is InChI=1S/C11H9NO2/c13-7-11(14)10-6-5-8-3-1-2-4-9(8)12-10/h1-6,13H,7H2. The highest BCUT2D eigenvalue weighted by atomic mass is 16.3. The van der Waals surface area contributed by atoms with E-state index in [-0.39, 0.29) is 5.78 Å². The Balaban J connectivity index is 2.56. The average molecular weight is 187 g/mol. The maximum atomic E-state index is 11.1. The molecule has 0 saturated heterocycles. The van der Waals surface area contributed by atoms with Crippen molar-refractivity contribution in [2.24, 2.45) is 0 Å². The SMILES string of the molecule is O=C(CO)c1ccc2ccccc2n1. The number of aliphatic hydroxyl groups is 1. The van der Waals surface area contributed by atoms with Crippen LogP contribution in [-0.4, -0.2) is 22.5 Å². The maximum Gasteiger partial charge on any atom is 0.206 e. The van der Waals surface area contributed by atoms with Gasteiger partial charge < -0.3 is 5.11 Å². The van der Waals surface area contributed by atoms with Crippen molar-refractivity contribution in [2.45, 2.75) is 0 Å². The second-order valence-corrected chi connectivity index (χ2v) is 2.97. The van der Waals surface area contributed by atoms with Gasteiger partial charge in [0.2, 0.25) is 5.78 Å². The minimum atomic E-state index is -0.495. The molecule has 0 aliphatic heterocycles. The second-order valence-electron chi connectivity index (χ2n) is 2.97. The lowest BCUT2D eigenvalue weighted by atomic mass is 10.2. The molecule has 2 aromatic rings. The highest BCUT2D eigenvalue weighted by Crippen LogP contribution is 2.11. The summed E-state index contributed by atoms with van der Waals surface area (Å²) in [4.78, 5) is 15.3. The molecule has 3 heteroatoms. The van der Waals surface area contributed by atoms with Crippen LogP contribution in [0.2, 0.25) is 0 Å². The van der Waals surface area contributed by atoms with Gasteiger partial charge in [-0.2, -0.15) is 0 Å². The molecule has 0 atom stereocenters. The van der Waals surface area contributed by atoms with Gasteiger partial charge in [0.05, 0.1) is 5.52 Å². The lowest BCUT2D eigenvalue weighted by molar-refractivity contribution is 0.0899. The predicted molar refractivity (Wildman–Crippen MR) is 53.2 cm³/mol. The van der Waals surface area contributed by atoms with Crippen LogP contribution in [0.25, 0.3) is 10.9 Å². The molecule has 0 aliphatic carbocycles. The number of aliphatic hydroxyl groups excluding tert-OH is 1. The Morgan fingerprint density at radius 2 is 2.00 bits per heavy atom. The van der Waals surface area contributed by atoms with Gasteiger partial charge in [-0.1, -0.05) is 24.3 Å². The largest absolute Gasteiger partial charge is 0.388 e. The molecular formula is C11H9NO2. The fourth-order valence-corrected chi connectivity index (χ4v) is 1.30. The first kappa shape index (κ1) is 8.84. The van der Waals surface area contributed by atoms with Crippen molar-refractivity contribution in [1.82, 2.24) is 4.98 Å². The van der Waals surface area contributed by atoms with Crippen molar-refractivity contribution in [3.8, 4) is 0 Å². The number of carbonyl (C=O) groups is 1. The first-order valence-electron chi connectivity index (χ1n) is 4.31. The molecule has 1 N–H and O–H groups in total. The molecule has 70 valence electrons. The van der Waals surface area contributed by atoms with Gasteiger partial charge >= 0.3 is 0 Å². The van der Waals surface area contributed by atoms with Crippen LogP contribution in [-0.2, 0) is 0 Å². The number of pyridine rings is 1. The highest BCUT2D eigenvalue weighted by Gasteiger charge is 2.05. The summed E-state index contributed by atoms with van der Waals surface area (Å²) >= 11 is 0. The van der Waals surface area contributed by atoms with E-state index >= 15 is 0 Å². The Hall–Kier alpha value is -1.74. The maximum absolute atomic E-state index is 11.1. The number of para-hydroxylation sites is 1. The summed E-state index contributed by atoms with van der Waals surface area (Å²) in [5, 5.41) is 9.66. The molecule has 0 amide bonds. The number of Topliss-reactive ketones (excluding diaryl/α,β-unsaturated/α-hetero) is 1. The van der Waals surface area contributed by atoms with E-state index in [0.29, 0.717) is 5.69 Å². The highest BCUT2D eigenvalue weighted by molar-refractivity contribution is 5.97. The van der Waals surface area contributed by atoms with Gasteiger partial charge in [-0.05, 0) is 12.1 Å². The van der Waals surface area contributed by atoms with Crippen LogP contribution in [0.5, 0.6) is 0 Å². The van der Waals surface area contributed by atoms with E-state index in [2.05, 4.69) is 4.98 Å². The Kier molecular flexibility index (Phi) is 2.24. The molecule has 0 aliphatic rings. The van der Waals surface area contributed by atoms with Crippen molar-refractivity contribution in [1.29, 1.82) is 0 Å². The zero-order valence-electron chi connectivity index (χ0n) is 7.47. The molecule has 3 nitrogen and oxygen atoms in total. The quantitative estimate of drug-likeness (QED) is 0.723. The van der Waals surface area contributed by atoms with Crippen LogP contribution in [0.15, 0.2) is 36.4 Å². The third-order valence-electron chi connectivity index (χ3n) is 2.03. The van der Waals surface area contributed by atoms with E-state index in [0.717, 1.165) is 10.9 Å². The summed E-state index contributed by atoms with van der Waals surface area (Å²) < 4.78 is 0. The molecule has 0 radical (unpaired) electrons. The molecule has 1 heterocycles. The third kappa shape index (κ3) is 1.49. The van der Waals surface area contributed by atoms with Gasteiger partial charge in [0.25, 0.3) is 0 Å². The Labute approximate surface area is 81.0 Å². The number of rotatable bonds is 2. The second kappa shape index (κ2) is 3.55. The number of benzene rings is 1. The van der Waals surface area contributed by atoms with Gasteiger partial charge in [0.1, 0.15) is 12.3 Å². The zero-order valence-corrected chi connectivity index (χ0v) is 7.47. The first-order chi connectivity index (χ1) is 6.81. The van der Waals surface area contributed by atoms with E-state index in [4.69, 9.17) is 5.11 Å². The average Bonchev–Trinajstić information content (AvgIpc) is 2.27. The number of hydrogen-bond acceptors (Lipinski definition) is 3. The Morgan fingerprint density at radius 3 is 2.79 bits per heavy atom. The lowest BCUT2D eigenvalue weighted by Crippen LogP contribution is -2.06. The van der Waals surface area contributed by atoms with Crippen molar-refractivity contribution in [2.75, 3.05) is 6.61 Å². The predicted octanol–water partition coefficient (Wildman–Crippen LogP) is 1.41. The molecule has 1 aromatic carbocycles. The Morgan fingerprint density at radius 1 is 1.21 bits per heavy atom. The molecule has 0 spiro atoms. The summed E-state index contributed by atoms with van der Waals surface area (Å²) in [5.74, 6) is -0.351. The fourth-order valence-electron chi connectivity index (χ4n) is 1.30. The van der Waals surface area contributed by atoms with Gasteiger partial charge in [-0.25, -0.2) is 4.98 Å². The van der Waals surface area contributed by atoms with Crippen molar-refractivity contribution >= 4 is 16.7 Å². The summed E-state index contributed by atoms with van der Waals surface area (Å²) in [6, 6.07) is 11.0. The van der Waals surface area contributed by atoms with E-state index in [1.54, 1.807) is 6.07 Å². The third-order valence-corrected chi connectivity index (χ3v) is 2.03. The monoisotopic (exact) mass is 187 g/mol. The van der Waals surface area contributed by atoms with Gasteiger partial charge in [0.15, 0.2) is 0 Å². The molecule has 0 fully saturated rings. The number of ketones is 1.